The molecule has 0 aliphatic heterocycles. The lowest BCUT2D eigenvalue weighted by atomic mass is 9.78. The second-order valence-electron chi connectivity index (χ2n) is 9.22. The SMILES string of the molecule is CN(CC(O)CO)C(=O)C(C)(Cc1ccccc1)c1ccnc2c(-c3ccc(C(F)(F)F)cc3)cnn12. The Morgan fingerprint density at radius 2 is 1.76 bits per heavy atom. The first kappa shape index (κ1) is 26.3. The lowest BCUT2D eigenvalue weighted by Crippen LogP contribution is -2.48. The molecule has 2 aromatic carbocycles. The molecule has 2 N–H and O–H groups in total. The van der Waals surface area contributed by atoms with Crippen LogP contribution in [-0.2, 0) is 22.8 Å². The molecule has 0 bridgehead atoms. The van der Waals surface area contributed by atoms with Gasteiger partial charge in [0.15, 0.2) is 5.65 Å². The van der Waals surface area contributed by atoms with Crippen molar-refractivity contribution in [1.82, 2.24) is 19.5 Å². The van der Waals surface area contributed by atoms with Crippen molar-refractivity contribution in [1.29, 1.82) is 0 Å². The Morgan fingerprint density at radius 3 is 2.38 bits per heavy atom. The average Bonchev–Trinajstić information content (AvgIpc) is 3.32. The van der Waals surface area contributed by atoms with E-state index in [4.69, 9.17) is 0 Å². The van der Waals surface area contributed by atoms with Crippen molar-refractivity contribution < 1.29 is 28.2 Å². The van der Waals surface area contributed by atoms with E-state index < -0.39 is 29.9 Å². The zero-order valence-electron chi connectivity index (χ0n) is 20.4. The van der Waals surface area contributed by atoms with Crippen molar-refractivity contribution in [3.63, 3.8) is 0 Å². The molecule has 194 valence electrons. The normalized spacial score (nSPS) is 14.4. The summed E-state index contributed by atoms with van der Waals surface area (Å²) in [5.41, 5.74) is 0.930. The number of likely N-dealkylation sites (N-methyl/N-ethyl adjacent to an activating group) is 1. The van der Waals surface area contributed by atoms with Crippen molar-refractivity contribution in [3.05, 3.63) is 89.9 Å². The minimum Gasteiger partial charge on any atom is -0.394 e. The maximum Gasteiger partial charge on any atom is 0.416 e. The van der Waals surface area contributed by atoms with Crippen LogP contribution in [0.4, 0.5) is 13.2 Å². The fourth-order valence-electron chi connectivity index (χ4n) is 4.51. The number of aromatic nitrogens is 3. The summed E-state index contributed by atoms with van der Waals surface area (Å²) in [6.45, 7) is 1.23. The van der Waals surface area contributed by atoms with Crippen LogP contribution < -0.4 is 0 Å². The zero-order valence-corrected chi connectivity index (χ0v) is 20.4. The molecule has 0 spiro atoms. The summed E-state index contributed by atoms with van der Waals surface area (Å²) in [7, 11) is 1.56. The predicted octanol–water partition coefficient (Wildman–Crippen LogP) is 3.73. The average molecular weight is 513 g/mol. The molecule has 0 aliphatic rings. The molecule has 1 amide bonds. The summed E-state index contributed by atoms with van der Waals surface area (Å²) in [5.74, 6) is -0.303. The molecule has 2 aromatic heterocycles. The molecule has 4 aromatic rings. The van der Waals surface area contributed by atoms with Crippen LogP contribution in [0.25, 0.3) is 16.8 Å². The Balaban J connectivity index is 1.81. The molecule has 2 unspecified atom stereocenters. The first-order valence-corrected chi connectivity index (χ1v) is 11.6. The van der Waals surface area contributed by atoms with Gasteiger partial charge < -0.3 is 15.1 Å². The highest BCUT2D eigenvalue weighted by atomic mass is 19.4. The summed E-state index contributed by atoms with van der Waals surface area (Å²) >= 11 is 0. The van der Waals surface area contributed by atoms with Gasteiger partial charge in [-0.1, -0.05) is 42.5 Å². The first-order valence-electron chi connectivity index (χ1n) is 11.6. The van der Waals surface area contributed by atoms with Gasteiger partial charge in [0.05, 0.1) is 35.6 Å². The third kappa shape index (κ3) is 5.35. The number of alkyl halides is 3. The number of benzene rings is 2. The molecule has 2 atom stereocenters. The van der Waals surface area contributed by atoms with Gasteiger partial charge in [-0.05, 0) is 42.7 Å². The largest absolute Gasteiger partial charge is 0.416 e. The molecular weight excluding hydrogens is 485 g/mol. The van der Waals surface area contributed by atoms with Gasteiger partial charge in [0, 0.05) is 25.4 Å². The van der Waals surface area contributed by atoms with Crippen LogP contribution in [0.5, 0.6) is 0 Å². The van der Waals surface area contributed by atoms with E-state index in [1.165, 1.54) is 27.7 Å². The number of carbonyl (C=O) groups is 1. The van der Waals surface area contributed by atoms with Crippen molar-refractivity contribution in [2.45, 2.75) is 31.0 Å². The minimum atomic E-state index is -4.44. The van der Waals surface area contributed by atoms with Crippen LogP contribution in [0.3, 0.4) is 0 Å². The van der Waals surface area contributed by atoms with Gasteiger partial charge >= 0.3 is 6.18 Å². The number of amides is 1. The first-order chi connectivity index (χ1) is 17.5. The molecule has 2 heterocycles. The van der Waals surface area contributed by atoms with Crippen LogP contribution in [0.15, 0.2) is 73.1 Å². The number of halogens is 3. The Hall–Kier alpha value is -3.76. The summed E-state index contributed by atoms with van der Waals surface area (Å²) in [5, 5.41) is 23.7. The number of hydrogen-bond acceptors (Lipinski definition) is 5. The summed E-state index contributed by atoms with van der Waals surface area (Å²) in [4.78, 5) is 19.6. The maximum absolute atomic E-state index is 13.8. The number of fused-ring (bicyclic) bond motifs is 1. The molecule has 0 saturated carbocycles. The summed E-state index contributed by atoms with van der Waals surface area (Å²) in [6, 6.07) is 15.9. The third-order valence-electron chi connectivity index (χ3n) is 6.40. The molecule has 0 fully saturated rings. The quantitative estimate of drug-likeness (QED) is 0.376. The smallest absolute Gasteiger partial charge is 0.394 e. The standard InChI is InChI=1S/C27H27F3N4O3/c1-26(14-18-6-4-3-5-7-18,25(37)33(2)16-21(36)17-35)23-12-13-31-24-22(15-32-34(23)24)19-8-10-20(11-9-19)27(28,29)30/h3-13,15,21,35-36H,14,16-17H2,1-2H3. The Bertz CT molecular complexity index is 1370. The molecule has 0 aliphatic carbocycles. The highest BCUT2D eigenvalue weighted by Gasteiger charge is 2.40. The molecule has 7 nitrogen and oxygen atoms in total. The van der Waals surface area contributed by atoms with Crippen molar-refractivity contribution in [3.8, 4) is 11.1 Å². The lowest BCUT2D eigenvalue weighted by molar-refractivity contribution is -0.138. The zero-order chi connectivity index (χ0) is 26.8. The van der Waals surface area contributed by atoms with E-state index in [-0.39, 0.29) is 12.5 Å². The second kappa shape index (κ2) is 10.3. The fourth-order valence-corrected chi connectivity index (χ4v) is 4.51. The van der Waals surface area contributed by atoms with Crippen LogP contribution >= 0.6 is 0 Å². The molecule has 10 heteroatoms. The molecular formula is C27H27F3N4O3. The van der Waals surface area contributed by atoms with Gasteiger partial charge in [-0.3, -0.25) is 4.79 Å². The summed E-state index contributed by atoms with van der Waals surface area (Å²) in [6.07, 6.45) is -2.18. The predicted molar refractivity (Wildman–Crippen MR) is 132 cm³/mol. The molecule has 0 radical (unpaired) electrons. The third-order valence-corrected chi connectivity index (χ3v) is 6.40. The number of nitrogens with zero attached hydrogens (tertiary/aromatic N) is 4. The summed E-state index contributed by atoms with van der Waals surface area (Å²) < 4.78 is 40.6. The van der Waals surface area contributed by atoms with E-state index in [0.717, 1.165) is 17.7 Å². The van der Waals surface area contributed by atoms with Gasteiger partial charge in [0.25, 0.3) is 0 Å². The van der Waals surface area contributed by atoms with Crippen LogP contribution in [0.1, 0.15) is 23.7 Å². The van der Waals surface area contributed by atoms with Crippen LogP contribution in [0, 0.1) is 0 Å². The Labute approximate surface area is 211 Å². The lowest BCUT2D eigenvalue weighted by Gasteiger charge is -2.34. The van der Waals surface area contributed by atoms with Crippen LogP contribution in [-0.4, -0.2) is 61.9 Å². The van der Waals surface area contributed by atoms with E-state index in [1.54, 1.807) is 26.2 Å². The molecule has 37 heavy (non-hydrogen) atoms. The topological polar surface area (TPSA) is 91.0 Å². The van der Waals surface area contributed by atoms with E-state index >= 15 is 0 Å². The number of aliphatic hydroxyl groups is 2. The van der Waals surface area contributed by atoms with E-state index in [1.807, 2.05) is 30.3 Å². The van der Waals surface area contributed by atoms with E-state index in [2.05, 4.69) is 10.1 Å². The van der Waals surface area contributed by atoms with E-state index in [9.17, 15) is 28.2 Å². The van der Waals surface area contributed by atoms with Gasteiger partial charge in [-0.25, -0.2) is 9.50 Å². The number of carbonyl (C=O) groups excluding carboxylic acids is 1. The van der Waals surface area contributed by atoms with Gasteiger partial charge in [-0.2, -0.15) is 18.3 Å². The highest BCUT2D eigenvalue weighted by molar-refractivity contribution is 5.88. The van der Waals surface area contributed by atoms with Gasteiger partial charge in [-0.15, -0.1) is 0 Å². The fraction of sp³-hybridized carbons (Fsp3) is 0.296. The Kier molecular flexibility index (Phi) is 7.33. The van der Waals surface area contributed by atoms with Crippen LogP contribution in [0.2, 0.25) is 0 Å². The highest BCUT2D eigenvalue weighted by Crippen LogP contribution is 2.34. The van der Waals surface area contributed by atoms with Gasteiger partial charge in [0.2, 0.25) is 5.91 Å². The molecule has 4 rings (SSSR count). The van der Waals surface area contributed by atoms with E-state index in [0.29, 0.717) is 28.9 Å². The Morgan fingerprint density at radius 1 is 1.08 bits per heavy atom. The maximum atomic E-state index is 13.8. The molecule has 0 saturated heterocycles. The number of aliphatic hydroxyl groups excluding tert-OH is 2. The number of hydrogen-bond donors (Lipinski definition) is 2. The number of rotatable bonds is 8. The van der Waals surface area contributed by atoms with Crippen molar-refractivity contribution in [2.24, 2.45) is 0 Å². The van der Waals surface area contributed by atoms with Crippen molar-refractivity contribution >= 4 is 11.6 Å². The van der Waals surface area contributed by atoms with Gasteiger partial charge in [0.1, 0.15) is 0 Å². The monoisotopic (exact) mass is 512 g/mol. The minimum absolute atomic E-state index is 0.0656. The second-order valence-corrected chi connectivity index (χ2v) is 9.22. The van der Waals surface area contributed by atoms with Crippen molar-refractivity contribution in [2.75, 3.05) is 20.2 Å².